The van der Waals surface area contributed by atoms with Crippen LogP contribution in [0.1, 0.15) is 34.0 Å². The Bertz CT molecular complexity index is 1080. The van der Waals surface area contributed by atoms with Gasteiger partial charge in [0.15, 0.2) is 0 Å². The molecular weight excluding hydrogens is 388 g/mol. The van der Waals surface area contributed by atoms with Crippen molar-refractivity contribution in [3.8, 4) is 5.75 Å². The molecule has 0 saturated carbocycles. The first-order valence-electron chi connectivity index (χ1n) is 10.1. The van der Waals surface area contributed by atoms with Crippen molar-refractivity contribution in [2.24, 2.45) is 5.73 Å². The number of aromatic amines is 1. The Morgan fingerprint density at radius 2 is 2.13 bits per heavy atom. The lowest BCUT2D eigenvalue weighted by atomic mass is 9.93. The Kier molecular flexibility index (Phi) is 5.72. The number of nitrogens with two attached hydrogens (primary N) is 1. The first-order chi connectivity index (χ1) is 14.5. The number of nitrogens with one attached hydrogen (secondary N) is 1. The highest BCUT2D eigenvalue weighted by atomic mass is 19.1. The molecule has 5 nitrogen and oxygen atoms in total. The van der Waals surface area contributed by atoms with Crippen LogP contribution < -0.4 is 10.5 Å². The zero-order chi connectivity index (χ0) is 21.3. The number of benzene rings is 2. The SMILES string of the molecule is CCN(CCc1c[nH]c2ccc(F)cc12)C1COc2c(CF)ccc(C(N)=O)c2C1. The Morgan fingerprint density at radius 1 is 1.30 bits per heavy atom. The highest BCUT2D eigenvalue weighted by Gasteiger charge is 2.29. The van der Waals surface area contributed by atoms with Crippen molar-refractivity contribution in [2.75, 3.05) is 19.7 Å². The van der Waals surface area contributed by atoms with Gasteiger partial charge in [-0.2, -0.15) is 0 Å². The van der Waals surface area contributed by atoms with Crippen molar-refractivity contribution in [3.05, 3.63) is 64.6 Å². The largest absolute Gasteiger partial charge is 0.491 e. The molecule has 2 heterocycles. The van der Waals surface area contributed by atoms with Crippen LogP contribution >= 0.6 is 0 Å². The maximum Gasteiger partial charge on any atom is 0.249 e. The molecule has 0 aliphatic carbocycles. The summed E-state index contributed by atoms with van der Waals surface area (Å²) < 4.78 is 32.9. The third kappa shape index (κ3) is 3.77. The van der Waals surface area contributed by atoms with E-state index >= 15 is 0 Å². The predicted octanol–water partition coefficient (Wildman–Crippen LogP) is 3.74. The molecule has 0 bridgehead atoms. The molecule has 2 aromatic carbocycles. The Hall–Kier alpha value is -2.93. The lowest BCUT2D eigenvalue weighted by molar-refractivity contribution is 0.0989. The number of hydrogen-bond donors (Lipinski definition) is 2. The van der Waals surface area contributed by atoms with Crippen molar-refractivity contribution >= 4 is 16.8 Å². The number of carbonyl (C=O) groups excluding carboxylic acids is 1. The summed E-state index contributed by atoms with van der Waals surface area (Å²) in [7, 11) is 0. The molecule has 158 valence electrons. The van der Waals surface area contributed by atoms with Gasteiger partial charge in [0.1, 0.15) is 24.8 Å². The summed E-state index contributed by atoms with van der Waals surface area (Å²) in [6.07, 6.45) is 3.23. The number of amides is 1. The van der Waals surface area contributed by atoms with E-state index in [4.69, 9.17) is 10.5 Å². The number of carbonyl (C=O) groups is 1. The second kappa shape index (κ2) is 8.44. The van der Waals surface area contributed by atoms with Crippen LogP contribution in [-0.4, -0.2) is 41.5 Å². The molecule has 0 spiro atoms. The summed E-state index contributed by atoms with van der Waals surface area (Å²) in [5.74, 6) is -0.339. The third-order valence-corrected chi connectivity index (χ3v) is 5.93. The van der Waals surface area contributed by atoms with Crippen molar-refractivity contribution in [2.45, 2.75) is 32.5 Å². The number of fused-ring (bicyclic) bond motifs is 2. The van der Waals surface area contributed by atoms with E-state index < -0.39 is 12.6 Å². The lowest BCUT2D eigenvalue weighted by Gasteiger charge is -2.35. The van der Waals surface area contributed by atoms with E-state index in [-0.39, 0.29) is 11.9 Å². The van der Waals surface area contributed by atoms with Gasteiger partial charge in [-0.15, -0.1) is 0 Å². The number of halogens is 2. The smallest absolute Gasteiger partial charge is 0.249 e. The molecule has 1 amide bonds. The molecule has 1 aromatic heterocycles. The predicted molar refractivity (Wildman–Crippen MR) is 112 cm³/mol. The highest BCUT2D eigenvalue weighted by Crippen LogP contribution is 2.34. The molecule has 0 saturated heterocycles. The van der Waals surface area contributed by atoms with Crippen LogP contribution in [0.25, 0.3) is 10.9 Å². The maximum atomic E-state index is 13.7. The van der Waals surface area contributed by atoms with Crippen LogP contribution in [-0.2, 0) is 19.5 Å². The van der Waals surface area contributed by atoms with Gasteiger partial charge < -0.3 is 15.5 Å². The van der Waals surface area contributed by atoms with E-state index in [1.165, 1.54) is 6.07 Å². The summed E-state index contributed by atoms with van der Waals surface area (Å²) in [4.78, 5) is 17.3. The maximum absolute atomic E-state index is 13.7. The third-order valence-electron chi connectivity index (χ3n) is 5.93. The van der Waals surface area contributed by atoms with Gasteiger partial charge in [-0.05, 0) is 49.2 Å². The number of alkyl halides is 1. The van der Waals surface area contributed by atoms with Crippen LogP contribution in [0.3, 0.4) is 0 Å². The summed E-state index contributed by atoms with van der Waals surface area (Å²) in [5.41, 5.74) is 9.01. The molecule has 7 heteroatoms. The van der Waals surface area contributed by atoms with E-state index in [1.807, 2.05) is 6.20 Å². The minimum Gasteiger partial charge on any atom is -0.491 e. The average molecular weight is 413 g/mol. The molecule has 0 fully saturated rings. The number of likely N-dealkylation sites (N-methyl/N-ethyl adjacent to an activating group) is 1. The fourth-order valence-electron chi connectivity index (χ4n) is 4.32. The number of H-pyrrole nitrogens is 1. The lowest BCUT2D eigenvalue weighted by Crippen LogP contribution is -2.44. The fourth-order valence-corrected chi connectivity index (χ4v) is 4.32. The van der Waals surface area contributed by atoms with Gasteiger partial charge in [0, 0.05) is 46.4 Å². The quantitative estimate of drug-likeness (QED) is 0.620. The van der Waals surface area contributed by atoms with Crippen LogP contribution in [0.15, 0.2) is 36.5 Å². The fraction of sp³-hybridized carbons (Fsp3) is 0.348. The van der Waals surface area contributed by atoms with Crippen LogP contribution in [0.4, 0.5) is 8.78 Å². The Labute approximate surface area is 173 Å². The number of hydrogen-bond acceptors (Lipinski definition) is 3. The molecule has 3 N–H and O–H groups in total. The van der Waals surface area contributed by atoms with Crippen LogP contribution in [0, 0.1) is 5.82 Å². The van der Waals surface area contributed by atoms with Crippen LogP contribution in [0.5, 0.6) is 5.75 Å². The molecular formula is C23H25F2N3O2. The molecule has 1 atom stereocenters. The summed E-state index contributed by atoms with van der Waals surface area (Å²) in [6.45, 7) is 3.36. The summed E-state index contributed by atoms with van der Waals surface area (Å²) >= 11 is 0. The van der Waals surface area contributed by atoms with Crippen molar-refractivity contribution < 1.29 is 18.3 Å². The molecule has 0 radical (unpaired) electrons. The van der Waals surface area contributed by atoms with Crippen molar-refractivity contribution in [3.63, 3.8) is 0 Å². The van der Waals surface area contributed by atoms with Gasteiger partial charge in [0.25, 0.3) is 0 Å². The molecule has 1 unspecified atom stereocenters. The number of aromatic nitrogens is 1. The van der Waals surface area contributed by atoms with Crippen LogP contribution in [0.2, 0.25) is 0 Å². The molecule has 30 heavy (non-hydrogen) atoms. The van der Waals surface area contributed by atoms with E-state index in [9.17, 15) is 13.6 Å². The van der Waals surface area contributed by atoms with E-state index in [1.54, 1.807) is 24.3 Å². The number of ether oxygens (including phenoxy) is 1. The van der Waals surface area contributed by atoms with E-state index in [2.05, 4.69) is 16.8 Å². The zero-order valence-corrected chi connectivity index (χ0v) is 16.9. The zero-order valence-electron chi connectivity index (χ0n) is 16.9. The topological polar surface area (TPSA) is 71.3 Å². The Balaban J connectivity index is 1.53. The highest BCUT2D eigenvalue weighted by molar-refractivity contribution is 5.95. The number of nitrogens with zero attached hydrogens (tertiary/aromatic N) is 1. The number of primary amides is 1. The molecule has 3 aromatic rings. The normalized spacial score (nSPS) is 15.9. The van der Waals surface area contributed by atoms with Gasteiger partial charge >= 0.3 is 0 Å². The van der Waals surface area contributed by atoms with Gasteiger partial charge in [-0.25, -0.2) is 8.78 Å². The monoisotopic (exact) mass is 413 g/mol. The second-order valence-corrected chi connectivity index (χ2v) is 7.63. The standard InChI is InChI=1S/C23H25F2N3O2/c1-2-28(8-7-15-12-27-21-6-4-16(25)9-19(15)21)17-10-20-18(23(26)29)5-3-14(11-24)22(20)30-13-17/h3-6,9,12,17,27H,2,7-8,10-11,13H2,1H3,(H2,26,29). The second-order valence-electron chi connectivity index (χ2n) is 7.63. The average Bonchev–Trinajstić information content (AvgIpc) is 3.15. The first-order valence-corrected chi connectivity index (χ1v) is 10.1. The van der Waals surface area contributed by atoms with E-state index in [0.29, 0.717) is 35.5 Å². The van der Waals surface area contributed by atoms with E-state index in [0.717, 1.165) is 36.0 Å². The van der Waals surface area contributed by atoms with Gasteiger partial charge in [-0.3, -0.25) is 9.69 Å². The molecule has 4 rings (SSSR count). The Morgan fingerprint density at radius 3 is 2.87 bits per heavy atom. The summed E-state index contributed by atoms with van der Waals surface area (Å²) in [5, 5.41) is 0.889. The van der Waals surface area contributed by atoms with Crippen molar-refractivity contribution in [1.29, 1.82) is 0 Å². The van der Waals surface area contributed by atoms with Gasteiger partial charge in [0.05, 0.1) is 0 Å². The van der Waals surface area contributed by atoms with Gasteiger partial charge in [-0.1, -0.05) is 13.0 Å². The minimum atomic E-state index is -0.652. The molecule has 1 aliphatic rings. The minimum absolute atomic E-state index is 0.0393. The first kappa shape index (κ1) is 20.3. The van der Waals surface area contributed by atoms with Gasteiger partial charge in [0.2, 0.25) is 5.91 Å². The number of rotatable bonds is 7. The van der Waals surface area contributed by atoms with Crippen molar-refractivity contribution in [1.82, 2.24) is 9.88 Å². The molecule has 1 aliphatic heterocycles. The summed E-state index contributed by atoms with van der Waals surface area (Å²) in [6, 6.07) is 7.92.